The molecule has 0 radical (unpaired) electrons. The molecular formula is C19H19NO5. The minimum Gasteiger partial charge on any atom is -0.492 e. The Morgan fingerprint density at radius 1 is 1.12 bits per heavy atom. The summed E-state index contributed by atoms with van der Waals surface area (Å²) in [5, 5.41) is 2.33. The SMILES string of the molecule is Cc1ccc(COC2=CC(=O)O[C@]3(C)[C@@H]4C(=O)NC(=O)[C@@H]4[C@H]23)cc1C. The van der Waals surface area contributed by atoms with Crippen LogP contribution in [-0.2, 0) is 30.5 Å². The number of aryl methyl sites for hydroxylation is 2. The van der Waals surface area contributed by atoms with Gasteiger partial charge in [0.05, 0.1) is 23.8 Å². The predicted molar refractivity (Wildman–Crippen MR) is 86.9 cm³/mol. The van der Waals surface area contributed by atoms with Gasteiger partial charge in [-0.25, -0.2) is 4.79 Å². The molecule has 1 saturated carbocycles. The van der Waals surface area contributed by atoms with Crippen molar-refractivity contribution in [1.29, 1.82) is 0 Å². The fourth-order valence-electron chi connectivity index (χ4n) is 4.22. The molecular weight excluding hydrogens is 322 g/mol. The summed E-state index contributed by atoms with van der Waals surface area (Å²) < 4.78 is 11.3. The Balaban J connectivity index is 1.59. The van der Waals surface area contributed by atoms with Gasteiger partial charge in [0.15, 0.2) is 0 Å². The maximum Gasteiger partial charge on any atom is 0.334 e. The molecule has 0 spiro atoms. The van der Waals surface area contributed by atoms with Crippen molar-refractivity contribution in [2.45, 2.75) is 33.0 Å². The van der Waals surface area contributed by atoms with E-state index < -0.39 is 29.3 Å². The largest absolute Gasteiger partial charge is 0.492 e. The summed E-state index contributed by atoms with van der Waals surface area (Å²) in [6.07, 6.45) is 1.29. The van der Waals surface area contributed by atoms with Gasteiger partial charge in [-0.2, -0.15) is 0 Å². The van der Waals surface area contributed by atoms with Crippen LogP contribution in [0.5, 0.6) is 0 Å². The van der Waals surface area contributed by atoms with E-state index in [9.17, 15) is 14.4 Å². The monoisotopic (exact) mass is 341 g/mol. The average molecular weight is 341 g/mol. The molecule has 1 N–H and O–H groups in total. The van der Waals surface area contributed by atoms with Crippen molar-refractivity contribution in [3.8, 4) is 0 Å². The number of ether oxygens (including phenoxy) is 2. The number of amides is 2. The molecule has 1 saturated heterocycles. The number of carbonyl (C=O) groups excluding carboxylic acids is 3. The van der Waals surface area contributed by atoms with E-state index in [0.29, 0.717) is 12.4 Å². The minimum absolute atomic E-state index is 0.291. The zero-order chi connectivity index (χ0) is 17.9. The Hall–Kier alpha value is -2.63. The minimum atomic E-state index is -1.02. The molecule has 1 aromatic rings. The Morgan fingerprint density at radius 2 is 1.88 bits per heavy atom. The van der Waals surface area contributed by atoms with Gasteiger partial charge < -0.3 is 9.47 Å². The van der Waals surface area contributed by atoms with Gasteiger partial charge in [-0.05, 0) is 37.5 Å². The molecule has 1 aromatic carbocycles. The first-order chi connectivity index (χ1) is 11.8. The van der Waals surface area contributed by atoms with Crippen LogP contribution < -0.4 is 5.32 Å². The molecule has 2 fully saturated rings. The zero-order valence-electron chi connectivity index (χ0n) is 14.3. The van der Waals surface area contributed by atoms with Crippen LogP contribution >= 0.6 is 0 Å². The lowest BCUT2D eigenvalue weighted by molar-refractivity contribution is -0.212. The third-order valence-corrected chi connectivity index (χ3v) is 5.65. The lowest BCUT2D eigenvalue weighted by atomic mass is 9.53. The number of hydrogen-bond acceptors (Lipinski definition) is 5. The Morgan fingerprint density at radius 3 is 2.60 bits per heavy atom. The van der Waals surface area contributed by atoms with E-state index in [-0.39, 0.29) is 11.8 Å². The van der Waals surface area contributed by atoms with Crippen molar-refractivity contribution in [3.63, 3.8) is 0 Å². The first-order valence-electron chi connectivity index (χ1n) is 8.29. The topological polar surface area (TPSA) is 81.7 Å². The third kappa shape index (κ3) is 2.20. The molecule has 25 heavy (non-hydrogen) atoms. The van der Waals surface area contributed by atoms with Crippen LogP contribution in [0.25, 0.3) is 0 Å². The van der Waals surface area contributed by atoms with Gasteiger partial charge in [0.1, 0.15) is 18.0 Å². The number of fused-ring (bicyclic) bond motifs is 4. The van der Waals surface area contributed by atoms with Crippen LogP contribution in [0.1, 0.15) is 23.6 Å². The second kappa shape index (κ2) is 5.18. The van der Waals surface area contributed by atoms with E-state index in [1.807, 2.05) is 32.0 Å². The smallest absolute Gasteiger partial charge is 0.334 e. The molecule has 4 rings (SSSR count). The molecule has 130 valence electrons. The van der Waals surface area contributed by atoms with Crippen LogP contribution in [0.4, 0.5) is 0 Å². The lowest BCUT2D eigenvalue weighted by Gasteiger charge is -2.54. The van der Waals surface area contributed by atoms with Gasteiger partial charge in [-0.3, -0.25) is 14.9 Å². The highest BCUT2D eigenvalue weighted by molar-refractivity contribution is 6.08. The third-order valence-electron chi connectivity index (χ3n) is 5.65. The molecule has 2 aliphatic heterocycles. The fraction of sp³-hybridized carbons (Fsp3) is 0.421. The first kappa shape index (κ1) is 15.9. The van der Waals surface area contributed by atoms with E-state index in [2.05, 4.69) is 5.32 Å². The number of carbonyl (C=O) groups is 3. The highest BCUT2D eigenvalue weighted by atomic mass is 16.6. The summed E-state index contributed by atoms with van der Waals surface area (Å²) in [6, 6.07) is 6.02. The number of nitrogens with one attached hydrogen (secondary N) is 1. The standard InChI is InChI=1S/C19H19NO5/c1-9-4-5-11(6-10(9)2)8-24-12-7-13(21)25-19(3)15(12)14-16(19)18(23)20-17(14)22/h4-7,14-16H,8H2,1-3H3,(H,20,22,23)/t14-,15+,16+,19+/m1/s1. The Kier molecular flexibility index (Phi) is 3.29. The van der Waals surface area contributed by atoms with E-state index in [4.69, 9.17) is 9.47 Å². The van der Waals surface area contributed by atoms with Crippen LogP contribution in [0, 0.1) is 31.6 Å². The maximum absolute atomic E-state index is 12.1. The van der Waals surface area contributed by atoms with Gasteiger partial charge in [0.25, 0.3) is 0 Å². The van der Waals surface area contributed by atoms with E-state index in [1.54, 1.807) is 6.92 Å². The quantitative estimate of drug-likeness (QED) is 0.666. The molecule has 0 bridgehead atoms. The van der Waals surface area contributed by atoms with Crippen molar-refractivity contribution in [3.05, 3.63) is 46.7 Å². The molecule has 2 amide bonds. The molecule has 6 nitrogen and oxygen atoms in total. The molecule has 6 heteroatoms. The van der Waals surface area contributed by atoms with E-state index in [0.717, 1.165) is 11.1 Å². The Bertz CT molecular complexity index is 842. The van der Waals surface area contributed by atoms with Gasteiger partial charge in [-0.1, -0.05) is 18.2 Å². The van der Waals surface area contributed by atoms with Crippen molar-refractivity contribution >= 4 is 17.8 Å². The number of esters is 1. The summed E-state index contributed by atoms with van der Waals surface area (Å²) in [5.74, 6) is -2.41. The van der Waals surface area contributed by atoms with Crippen molar-refractivity contribution in [2.24, 2.45) is 17.8 Å². The zero-order valence-corrected chi connectivity index (χ0v) is 14.3. The highest BCUT2D eigenvalue weighted by Crippen LogP contribution is 2.58. The number of hydrogen-bond donors (Lipinski definition) is 1. The summed E-state index contributed by atoms with van der Waals surface area (Å²) in [5.41, 5.74) is 2.31. The number of benzene rings is 1. The molecule has 1 aliphatic carbocycles. The number of rotatable bonds is 3. The molecule has 2 heterocycles. The van der Waals surface area contributed by atoms with Crippen LogP contribution in [0.15, 0.2) is 30.0 Å². The number of imide groups is 1. The summed E-state index contributed by atoms with van der Waals surface area (Å²) in [6.45, 7) is 6.05. The Labute approximate surface area is 145 Å². The lowest BCUT2D eigenvalue weighted by Crippen LogP contribution is -2.66. The average Bonchev–Trinajstić information content (AvgIpc) is 2.78. The predicted octanol–water partition coefficient (Wildman–Crippen LogP) is 1.54. The van der Waals surface area contributed by atoms with Crippen LogP contribution in [0.2, 0.25) is 0 Å². The van der Waals surface area contributed by atoms with Gasteiger partial charge in [0.2, 0.25) is 11.8 Å². The van der Waals surface area contributed by atoms with Crippen LogP contribution in [0.3, 0.4) is 0 Å². The molecule has 0 aromatic heterocycles. The molecule has 0 unspecified atom stereocenters. The van der Waals surface area contributed by atoms with Crippen molar-refractivity contribution in [2.75, 3.05) is 0 Å². The van der Waals surface area contributed by atoms with Crippen molar-refractivity contribution in [1.82, 2.24) is 5.32 Å². The highest BCUT2D eigenvalue weighted by Gasteiger charge is 2.73. The van der Waals surface area contributed by atoms with E-state index >= 15 is 0 Å². The maximum atomic E-state index is 12.1. The molecule has 4 atom stereocenters. The van der Waals surface area contributed by atoms with Crippen molar-refractivity contribution < 1.29 is 23.9 Å². The normalized spacial score (nSPS) is 32.8. The second-order valence-electron chi connectivity index (χ2n) is 7.19. The fourth-order valence-corrected chi connectivity index (χ4v) is 4.22. The summed E-state index contributed by atoms with van der Waals surface area (Å²) >= 11 is 0. The van der Waals surface area contributed by atoms with Gasteiger partial charge in [-0.15, -0.1) is 0 Å². The van der Waals surface area contributed by atoms with Gasteiger partial charge in [0, 0.05) is 0 Å². The first-order valence-corrected chi connectivity index (χ1v) is 8.29. The van der Waals surface area contributed by atoms with E-state index in [1.165, 1.54) is 11.6 Å². The summed E-state index contributed by atoms with van der Waals surface area (Å²) in [7, 11) is 0. The molecule has 3 aliphatic rings. The summed E-state index contributed by atoms with van der Waals surface area (Å²) in [4.78, 5) is 36.0. The van der Waals surface area contributed by atoms with Crippen LogP contribution in [-0.4, -0.2) is 23.4 Å². The van der Waals surface area contributed by atoms with Gasteiger partial charge >= 0.3 is 5.97 Å². The second-order valence-corrected chi connectivity index (χ2v) is 7.19.